The van der Waals surface area contributed by atoms with E-state index in [1.807, 2.05) is 27.2 Å². The van der Waals surface area contributed by atoms with Crippen molar-refractivity contribution in [3.8, 4) is 0 Å². The van der Waals surface area contributed by atoms with Gasteiger partial charge >= 0.3 is 0 Å². The minimum Gasteiger partial charge on any atom is -0.756 e. The maximum absolute atomic E-state index is 12.9. The molecule has 0 aliphatic rings. The van der Waals surface area contributed by atoms with Crippen LogP contribution < -0.4 is 10.2 Å². The first-order valence-electron chi connectivity index (χ1n) is 28.9. The Bertz CT molecular complexity index is 1410. The average Bonchev–Trinajstić information content (AvgIpc) is 3.32. The van der Waals surface area contributed by atoms with Crippen molar-refractivity contribution >= 4 is 13.7 Å². The molecule has 0 aliphatic carbocycles. The molecular weight excluding hydrogens is 888 g/mol. The molecule has 0 fully saturated rings. The predicted octanol–water partition coefficient (Wildman–Crippen LogP) is 17.0. The first-order valence-corrected chi connectivity index (χ1v) is 30.4. The van der Waals surface area contributed by atoms with Crippen molar-refractivity contribution in [1.29, 1.82) is 0 Å². The molecule has 3 unspecified atom stereocenters. The molecule has 8 nitrogen and oxygen atoms in total. The lowest BCUT2D eigenvalue weighted by Crippen LogP contribution is -2.45. The molecule has 0 aromatic heterocycles. The number of nitrogens with zero attached hydrogens (tertiary/aromatic N) is 1. The van der Waals surface area contributed by atoms with Crippen LogP contribution in [0.15, 0.2) is 85.1 Å². The molecule has 9 heteroatoms. The molecule has 0 aliphatic heterocycles. The van der Waals surface area contributed by atoms with E-state index >= 15 is 0 Å². The molecule has 70 heavy (non-hydrogen) atoms. The second-order valence-electron chi connectivity index (χ2n) is 20.6. The summed E-state index contributed by atoms with van der Waals surface area (Å²) in [6.07, 6.45) is 72.6. The Balaban J connectivity index is 4.00. The number of hydrogen-bond donors (Lipinski definition) is 2. The standard InChI is InChI=1S/C61H111N2O6P/c1-6-8-10-12-14-16-18-20-21-22-23-24-25-26-27-28-29-30-31-32-33-34-35-36-37-38-39-40-41-43-45-47-49-51-53-55-61(65)62-59(58-69-70(66,67)68-57-56-63(3,4)5)60(64)54-52-50-48-46-44-42-19-17-15-13-11-9-7-2/h8,10,14-17,20-21,23-24,44,46,52,54,59-60,64H,6-7,9,11-13,18-19,22,25-43,45,47-51,53,55-58H2,1-5H3,(H-,62,65,66,67)/b10-8-,16-14-,17-15+,21-20-,24-23-,46-44+,54-52+. The minimum atomic E-state index is -4.61. The van der Waals surface area contributed by atoms with Crippen molar-refractivity contribution in [1.82, 2.24) is 5.32 Å². The van der Waals surface area contributed by atoms with Gasteiger partial charge in [-0.25, -0.2) is 0 Å². The van der Waals surface area contributed by atoms with Crippen molar-refractivity contribution in [2.24, 2.45) is 0 Å². The molecule has 0 aromatic carbocycles. The number of rotatable bonds is 52. The third kappa shape index (κ3) is 53.5. The summed E-state index contributed by atoms with van der Waals surface area (Å²) in [7, 11) is 1.23. The maximum atomic E-state index is 12.9. The summed E-state index contributed by atoms with van der Waals surface area (Å²) in [6.45, 7) is 4.47. The molecule has 0 saturated heterocycles. The van der Waals surface area contributed by atoms with E-state index in [1.165, 1.54) is 148 Å². The molecule has 0 heterocycles. The van der Waals surface area contributed by atoms with Crippen LogP contribution in [0.4, 0.5) is 0 Å². The largest absolute Gasteiger partial charge is 0.756 e. The van der Waals surface area contributed by atoms with E-state index in [1.54, 1.807) is 6.08 Å². The molecule has 0 rings (SSSR count). The van der Waals surface area contributed by atoms with Gasteiger partial charge in [0.25, 0.3) is 7.82 Å². The number of phosphoric acid groups is 1. The third-order valence-electron chi connectivity index (χ3n) is 12.6. The molecule has 0 bridgehead atoms. The number of carbonyl (C=O) groups is 1. The molecular formula is C61H111N2O6P. The number of likely N-dealkylation sites (N-methyl/N-ethyl adjacent to an activating group) is 1. The van der Waals surface area contributed by atoms with Crippen LogP contribution in [0.25, 0.3) is 0 Å². The van der Waals surface area contributed by atoms with Gasteiger partial charge in [-0.15, -0.1) is 0 Å². The molecule has 406 valence electrons. The number of aliphatic hydroxyl groups is 1. The topological polar surface area (TPSA) is 108 Å². The van der Waals surface area contributed by atoms with Crippen molar-refractivity contribution < 1.29 is 32.9 Å². The van der Waals surface area contributed by atoms with Gasteiger partial charge in [0, 0.05) is 6.42 Å². The summed E-state index contributed by atoms with van der Waals surface area (Å²) >= 11 is 0. The highest BCUT2D eigenvalue weighted by atomic mass is 31.2. The molecule has 3 atom stereocenters. The van der Waals surface area contributed by atoms with Crippen LogP contribution in [0.5, 0.6) is 0 Å². The lowest BCUT2D eigenvalue weighted by atomic mass is 10.0. The second kappa shape index (κ2) is 51.6. The Hall–Kier alpha value is -2.32. The Kier molecular flexibility index (Phi) is 49.9. The molecule has 2 N–H and O–H groups in total. The van der Waals surface area contributed by atoms with Crippen LogP contribution >= 0.6 is 7.82 Å². The van der Waals surface area contributed by atoms with E-state index < -0.39 is 26.6 Å². The Morgan fingerprint density at radius 1 is 0.514 bits per heavy atom. The van der Waals surface area contributed by atoms with E-state index in [4.69, 9.17) is 9.05 Å². The number of allylic oxidation sites excluding steroid dienone is 13. The van der Waals surface area contributed by atoms with E-state index in [-0.39, 0.29) is 12.5 Å². The lowest BCUT2D eigenvalue weighted by molar-refractivity contribution is -0.870. The highest BCUT2D eigenvalue weighted by molar-refractivity contribution is 7.45. The van der Waals surface area contributed by atoms with E-state index in [0.717, 1.165) is 77.0 Å². The van der Waals surface area contributed by atoms with Crippen LogP contribution in [-0.2, 0) is 18.4 Å². The summed E-state index contributed by atoms with van der Waals surface area (Å²) in [5, 5.41) is 13.8. The zero-order valence-electron chi connectivity index (χ0n) is 46.2. The van der Waals surface area contributed by atoms with Gasteiger partial charge in [0.15, 0.2) is 0 Å². The summed E-state index contributed by atoms with van der Waals surface area (Å²) in [6, 6.07) is -0.911. The van der Waals surface area contributed by atoms with Crippen molar-refractivity contribution in [2.45, 2.75) is 257 Å². The number of carbonyl (C=O) groups excluding carboxylic acids is 1. The monoisotopic (exact) mass is 999 g/mol. The first-order chi connectivity index (χ1) is 34.0. The Morgan fingerprint density at radius 3 is 1.33 bits per heavy atom. The smallest absolute Gasteiger partial charge is 0.268 e. The number of quaternary nitrogens is 1. The van der Waals surface area contributed by atoms with Crippen LogP contribution in [-0.4, -0.2) is 68.5 Å². The van der Waals surface area contributed by atoms with Crippen LogP contribution in [0.2, 0.25) is 0 Å². The summed E-state index contributed by atoms with van der Waals surface area (Å²) < 4.78 is 23.3. The molecule has 1 amide bonds. The molecule has 0 radical (unpaired) electrons. The van der Waals surface area contributed by atoms with Crippen molar-refractivity contribution in [3.05, 3.63) is 85.1 Å². The highest BCUT2D eigenvalue weighted by Crippen LogP contribution is 2.38. The normalized spacial score (nSPS) is 14.6. The average molecular weight is 1000 g/mol. The maximum Gasteiger partial charge on any atom is 0.268 e. The number of unbranched alkanes of at least 4 members (excludes halogenated alkanes) is 27. The van der Waals surface area contributed by atoms with E-state index in [2.05, 4.69) is 92.1 Å². The fourth-order valence-electron chi connectivity index (χ4n) is 8.06. The van der Waals surface area contributed by atoms with Crippen LogP contribution in [0.1, 0.15) is 245 Å². The lowest BCUT2D eigenvalue weighted by Gasteiger charge is -2.29. The summed E-state index contributed by atoms with van der Waals surface area (Å²) in [5.74, 6) is -0.212. The number of hydrogen-bond acceptors (Lipinski definition) is 6. The predicted molar refractivity (Wildman–Crippen MR) is 302 cm³/mol. The van der Waals surface area contributed by atoms with Gasteiger partial charge in [-0.05, 0) is 83.5 Å². The Morgan fingerprint density at radius 2 is 0.886 bits per heavy atom. The van der Waals surface area contributed by atoms with Crippen molar-refractivity contribution in [3.63, 3.8) is 0 Å². The minimum absolute atomic E-state index is 0.0105. The van der Waals surface area contributed by atoms with Crippen LogP contribution in [0, 0.1) is 0 Å². The quantitative estimate of drug-likeness (QED) is 0.0272. The highest BCUT2D eigenvalue weighted by Gasteiger charge is 2.23. The fourth-order valence-corrected chi connectivity index (χ4v) is 8.78. The van der Waals surface area contributed by atoms with Gasteiger partial charge in [0.1, 0.15) is 13.2 Å². The fraction of sp³-hybridized carbons (Fsp3) is 0.754. The van der Waals surface area contributed by atoms with E-state index in [0.29, 0.717) is 17.4 Å². The number of aliphatic hydroxyl groups excluding tert-OH is 1. The van der Waals surface area contributed by atoms with Gasteiger partial charge < -0.3 is 28.8 Å². The first kappa shape index (κ1) is 67.7. The Labute approximate surface area is 433 Å². The summed E-state index contributed by atoms with van der Waals surface area (Å²) in [5.41, 5.74) is 0. The van der Waals surface area contributed by atoms with Gasteiger partial charge in [-0.3, -0.25) is 9.36 Å². The van der Waals surface area contributed by atoms with Gasteiger partial charge in [0.05, 0.1) is 39.9 Å². The van der Waals surface area contributed by atoms with Gasteiger partial charge in [0.2, 0.25) is 5.91 Å². The van der Waals surface area contributed by atoms with Crippen LogP contribution in [0.3, 0.4) is 0 Å². The van der Waals surface area contributed by atoms with E-state index in [9.17, 15) is 19.4 Å². The molecule has 0 spiro atoms. The SMILES string of the molecule is CC/C=C\C/C=C\C/C=C\C/C=C\CCCCCCCCCCCCCCCCCCCCCCCCC(=O)NC(COP(=O)([O-])OCC[N+](C)(C)C)C(O)/C=C/CC/C=C/CC/C=C/CCCCC. The zero-order chi connectivity index (χ0) is 51.3. The summed E-state index contributed by atoms with van der Waals surface area (Å²) in [4.78, 5) is 25.4. The number of phosphoric ester groups is 1. The third-order valence-corrected chi connectivity index (χ3v) is 13.5. The second-order valence-corrected chi connectivity index (χ2v) is 22.0. The van der Waals surface area contributed by atoms with Crippen molar-refractivity contribution in [2.75, 3.05) is 40.9 Å². The molecule has 0 aromatic rings. The number of nitrogens with one attached hydrogen (secondary N) is 1. The zero-order valence-corrected chi connectivity index (χ0v) is 47.1. The van der Waals surface area contributed by atoms with Gasteiger partial charge in [-0.1, -0.05) is 240 Å². The van der Waals surface area contributed by atoms with Gasteiger partial charge in [-0.2, -0.15) is 0 Å². The number of amides is 1. The molecule has 0 saturated carbocycles.